The molecule has 0 saturated heterocycles. The molecule has 3 aromatic rings. The van der Waals surface area contributed by atoms with E-state index in [1.807, 2.05) is 39.0 Å². The summed E-state index contributed by atoms with van der Waals surface area (Å²) in [6, 6.07) is 11.3. The normalized spacial score (nSPS) is 10.7. The minimum atomic E-state index is -0.370. The summed E-state index contributed by atoms with van der Waals surface area (Å²) in [6.45, 7) is 7.87. The van der Waals surface area contributed by atoms with Crippen LogP contribution in [0.15, 0.2) is 40.9 Å². The zero-order valence-corrected chi connectivity index (χ0v) is 16.5. The van der Waals surface area contributed by atoms with E-state index >= 15 is 0 Å². The maximum absolute atomic E-state index is 12.6. The highest BCUT2D eigenvalue weighted by molar-refractivity contribution is 6.31. The quantitative estimate of drug-likeness (QED) is 0.640. The molecule has 27 heavy (non-hydrogen) atoms. The molecule has 5 nitrogen and oxygen atoms in total. The summed E-state index contributed by atoms with van der Waals surface area (Å²) in [5, 5.41) is 7.28. The molecule has 1 N–H and O–H groups in total. The molecule has 0 aliphatic heterocycles. The summed E-state index contributed by atoms with van der Waals surface area (Å²) in [4.78, 5) is 12.6. The number of hydrogen-bond donors (Lipinski definition) is 1. The Morgan fingerprint density at radius 2 is 1.81 bits per heavy atom. The van der Waals surface area contributed by atoms with Crippen molar-refractivity contribution in [3.8, 4) is 5.75 Å². The number of halogens is 1. The van der Waals surface area contributed by atoms with Gasteiger partial charge in [0.1, 0.15) is 18.1 Å². The molecule has 6 heteroatoms. The Labute approximate surface area is 163 Å². The van der Waals surface area contributed by atoms with E-state index in [1.165, 1.54) is 0 Å². The topological polar surface area (TPSA) is 64.4 Å². The highest BCUT2D eigenvalue weighted by Crippen LogP contribution is 2.23. The fraction of sp³-hybridized carbons (Fsp3) is 0.238. The van der Waals surface area contributed by atoms with Crippen molar-refractivity contribution in [3.05, 3.63) is 75.1 Å². The van der Waals surface area contributed by atoms with Crippen molar-refractivity contribution < 1.29 is 14.1 Å². The van der Waals surface area contributed by atoms with Crippen LogP contribution in [0, 0.1) is 27.7 Å². The Morgan fingerprint density at radius 1 is 1.11 bits per heavy atom. The van der Waals surface area contributed by atoms with E-state index in [2.05, 4.69) is 16.5 Å². The molecular weight excluding hydrogens is 364 g/mol. The molecule has 0 aliphatic carbocycles. The third-order valence-corrected chi connectivity index (χ3v) is 4.62. The van der Waals surface area contributed by atoms with Crippen LogP contribution in [0.3, 0.4) is 0 Å². The number of aryl methyl sites for hydroxylation is 4. The molecule has 2 aromatic carbocycles. The van der Waals surface area contributed by atoms with Crippen LogP contribution in [0.5, 0.6) is 5.75 Å². The van der Waals surface area contributed by atoms with E-state index < -0.39 is 0 Å². The first-order valence-corrected chi connectivity index (χ1v) is 8.95. The smallest absolute Gasteiger partial charge is 0.278 e. The summed E-state index contributed by atoms with van der Waals surface area (Å²) in [7, 11) is 0. The number of benzene rings is 2. The number of carbonyl (C=O) groups excluding carboxylic acids is 1. The van der Waals surface area contributed by atoms with Gasteiger partial charge >= 0.3 is 0 Å². The summed E-state index contributed by atoms with van der Waals surface area (Å²) in [5.41, 5.74) is 4.58. The van der Waals surface area contributed by atoms with Crippen LogP contribution < -0.4 is 10.1 Å². The van der Waals surface area contributed by atoms with Crippen molar-refractivity contribution in [2.24, 2.45) is 0 Å². The second-order valence-electron chi connectivity index (χ2n) is 6.60. The lowest BCUT2D eigenvalue weighted by atomic mass is 10.1. The molecule has 0 atom stereocenters. The van der Waals surface area contributed by atoms with E-state index in [1.54, 1.807) is 19.1 Å². The predicted molar refractivity (Wildman–Crippen MR) is 106 cm³/mol. The van der Waals surface area contributed by atoms with Crippen molar-refractivity contribution in [2.45, 2.75) is 34.3 Å². The van der Waals surface area contributed by atoms with Gasteiger partial charge in [0.05, 0.1) is 5.56 Å². The average Bonchev–Trinajstić information content (AvgIpc) is 2.96. The predicted octanol–water partition coefficient (Wildman–Crippen LogP) is 5.39. The van der Waals surface area contributed by atoms with E-state index in [-0.39, 0.29) is 18.2 Å². The number of rotatable bonds is 5. The van der Waals surface area contributed by atoms with Gasteiger partial charge in [0.15, 0.2) is 5.69 Å². The lowest BCUT2D eigenvalue weighted by molar-refractivity contribution is 0.101. The molecule has 1 aromatic heterocycles. The molecule has 0 unspecified atom stereocenters. The van der Waals surface area contributed by atoms with Crippen LogP contribution in [0.1, 0.15) is 38.5 Å². The maximum Gasteiger partial charge on any atom is 0.278 e. The second kappa shape index (κ2) is 7.84. The van der Waals surface area contributed by atoms with E-state index in [9.17, 15) is 4.79 Å². The Kier molecular flexibility index (Phi) is 5.51. The molecule has 0 fully saturated rings. The van der Waals surface area contributed by atoms with Crippen LogP contribution in [0.25, 0.3) is 0 Å². The minimum absolute atomic E-state index is 0.190. The molecule has 1 heterocycles. The fourth-order valence-corrected chi connectivity index (χ4v) is 2.95. The first-order chi connectivity index (χ1) is 12.8. The molecule has 1 amide bonds. The van der Waals surface area contributed by atoms with Gasteiger partial charge in [-0.2, -0.15) is 0 Å². The number of ether oxygens (including phenoxy) is 1. The van der Waals surface area contributed by atoms with Crippen molar-refractivity contribution in [3.63, 3.8) is 0 Å². The van der Waals surface area contributed by atoms with E-state index in [0.717, 1.165) is 22.4 Å². The minimum Gasteiger partial charge on any atom is -0.489 e. The highest BCUT2D eigenvalue weighted by Gasteiger charge is 2.21. The zero-order valence-electron chi connectivity index (χ0n) is 15.7. The van der Waals surface area contributed by atoms with Crippen LogP contribution in [0.2, 0.25) is 5.02 Å². The first-order valence-electron chi connectivity index (χ1n) is 8.57. The van der Waals surface area contributed by atoms with Gasteiger partial charge < -0.3 is 14.6 Å². The Morgan fingerprint density at radius 3 is 2.48 bits per heavy atom. The van der Waals surface area contributed by atoms with Gasteiger partial charge in [-0.25, -0.2) is 0 Å². The summed E-state index contributed by atoms with van der Waals surface area (Å²) in [6.07, 6.45) is 0. The van der Waals surface area contributed by atoms with Gasteiger partial charge in [-0.3, -0.25) is 4.79 Å². The van der Waals surface area contributed by atoms with Crippen molar-refractivity contribution in [1.29, 1.82) is 0 Å². The largest absolute Gasteiger partial charge is 0.489 e. The number of nitrogens with zero attached hydrogens (tertiary/aromatic N) is 1. The molecule has 140 valence electrons. The van der Waals surface area contributed by atoms with E-state index in [4.69, 9.17) is 20.9 Å². The fourth-order valence-electron chi connectivity index (χ4n) is 2.77. The number of aromatic nitrogens is 1. The maximum atomic E-state index is 12.6. The first kappa shape index (κ1) is 19.0. The van der Waals surface area contributed by atoms with E-state index in [0.29, 0.717) is 22.0 Å². The van der Waals surface area contributed by atoms with Crippen LogP contribution >= 0.6 is 11.6 Å². The van der Waals surface area contributed by atoms with Crippen molar-refractivity contribution >= 4 is 23.2 Å². The number of anilines is 1. The van der Waals surface area contributed by atoms with Crippen molar-refractivity contribution in [1.82, 2.24) is 5.16 Å². The molecular formula is C21H21ClN2O3. The molecule has 0 radical (unpaired) electrons. The average molecular weight is 385 g/mol. The number of carbonyl (C=O) groups is 1. The third kappa shape index (κ3) is 4.49. The van der Waals surface area contributed by atoms with Crippen molar-refractivity contribution in [2.75, 3.05) is 5.32 Å². The van der Waals surface area contributed by atoms with Gasteiger partial charge in [-0.1, -0.05) is 28.9 Å². The molecule has 0 saturated carbocycles. The second-order valence-corrected chi connectivity index (χ2v) is 7.00. The Bertz CT molecular complexity index is 975. The summed E-state index contributed by atoms with van der Waals surface area (Å²) in [5.74, 6) is 0.919. The summed E-state index contributed by atoms with van der Waals surface area (Å²) >= 11 is 6.12. The molecule has 0 spiro atoms. The van der Waals surface area contributed by atoms with Gasteiger partial charge in [0.2, 0.25) is 0 Å². The molecule has 0 bridgehead atoms. The summed E-state index contributed by atoms with van der Waals surface area (Å²) < 4.78 is 11.1. The number of amides is 1. The lowest BCUT2D eigenvalue weighted by Gasteiger charge is -2.09. The van der Waals surface area contributed by atoms with Gasteiger partial charge in [0, 0.05) is 10.7 Å². The van der Waals surface area contributed by atoms with Crippen LogP contribution in [0.4, 0.5) is 5.69 Å². The lowest BCUT2D eigenvalue weighted by Crippen LogP contribution is -2.15. The Hall–Kier alpha value is -2.79. The SMILES string of the molecule is Cc1cc(C)cc(OCc2c(C(=O)Nc3ccc(C)c(Cl)c3)noc2C)c1. The highest BCUT2D eigenvalue weighted by atomic mass is 35.5. The number of hydrogen-bond acceptors (Lipinski definition) is 4. The standard InChI is InChI=1S/C21H21ClN2O3/c1-12-7-13(2)9-17(8-12)26-11-18-15(4)27-24-20(18)21(25)23-16-6-5-14(3)19(22)10-16/h5-10H,11H2,1-4H3,(H,23,25). The van der Waals surface area contributed by atoms with Crippen LogP contribution in [-0.2, 0) is 6.61 Å². The molecule has 3 rings (SSSR count). The van der Waals surface area contributed by atoms with Gasteiger partial charge in [-0.15, -0.1) is 0 Å². The van der Waals surface area contributed by atoms with Gasteiger partial charge in [0.25, 0.3) is 5.91 Å². The molecule has 0 aliphatic rings. The Balaban J connectivity index is 1.77. The zero-order chi connectivity index (χ0) is 19.6. The van der Waals surface area contributed by atoms with Gasteiger partial charge in [-0.05, 0) is 68.7 Å². The van der Waals surface area contributed by atoms with Crippen LogP contribution in [-0.4, -0.2) is 11.1 Å². The third-order valence-electron chi connectivity index (χ3n) is 4.21. The monoisotopic (exact) mass is 384 g/mol. The number of nitrogens with one attached hydrogen (secondary N) is 1.